The van der Waals surface area contributed by atoms with Crippen LogP contribution < -0.4 is 5.32 Å². The van der Waals surface area contributed by atoms with Crippen molar-refractivity contribution in [3.05, 3.63) is 51.0 Å². The molecule has 0 aliphatic rings. The van der Waals surface area contributed by atoms with E-state index in [0.29, 0.717) is 12.0 Å². The van der Waals surface area contributed by atoms with Crippen LogP contribution in [0.4, 0.5) is 0 Å². The van der Waals surface area contributed by atoms with E-state index in [4.69, 9.17) is 0 Å². The third kappa shape index (κ3) is 3.47. The monoisotopic (exact) mass is 288 g/mol. The molecule has 0 saturated carbocycles. The first kappa shape index (κ1) is 15.2. The Morgan fingerprint density at radius 1 is 1.10 bits per heavy atom. The van der Waals surface area contributed by atoms with Crippen molar-refractivity contribution in [1.29, 1.82) is 0 Å². The molecule has 1 heterocycles. The number of rotatable bonds is 5. The highest BCUT2D eigenvalue weighted by atomic mass is 32.1. The first-order valence-corrected chi connectivity index (χ1v) is 8.03. The average Bonchev–Trinajstić information content (AvgIpc) is 2.75. The van der Waals surface area contributed by atoms with Crippen LogP contribution in [-0.2, 0) is 6.42 Å². The quantitative estimate of drug-likeness (QED) is 0.883. The molecular formula is C17H24N2S. The number of hydrogen-bond donors (Lipinski definition) is 1. The molecule has 0 spiro atoms. The van der Waals surface area contributed by atoms with E-state index in [9.17, 15) is 0 Å². The van der Waals surface area contributed by atoms with Crippen LogP contribution in [0.5, 0.6) is 0 Å². The minimum atomic E-state index is 0.334. The third-order valence-electron chi connectivity index (χ3n) is 3.81. The standard InChI is InChI=1S/C17H24N2S/c1-11(2)14-6-8-15(9-7-14)16(18-5)10-17-19-12(3)13(4)20-17/h6-9,11,16,18H,10H2,1-5H3. The summed E-state index contributed by atoms with van der Waals surface area (Å²) in [5.41, 5.74) is 3.89. The highest BCUT2D eigenvalue weighted by Crippen LogP contribution is 2.24. The molecule has 20 heavy (non-hydrogen) atoms. The Hall–Kier alpha value is -1.19. The zero-order valence-corrected chi connectivity index (χ0v) is 13.8. The predicted molar refractivity (Wildman–Crippen MR) is 87.6 cm³/mol. The Labute approximate surface area is 126 Å². The lowest BCUT2D eigenvalue weighted by Crippen LogP contribution is -2.18. The molecule has 0 aliphatic carbocycles. The first-order chi connectivity index (χ1) is 9.51. The molecule has 2 aromatic rings. The fourth-order valence-corrected chi connectivity index (χ4v) is 3.28. The SMILES string of the molecule is CNC(Cc1nc(C)c(C)s1)c1ccc(C(C)C)cc1. The molecule has 1 unspecified atom stereocenters. The fourth-order valence-electron chi connectivity index (χ4n) is 2.30. The summed E-state index contributed by atoms with van der Waals surface area (Å²) in [6.07, 6.45) is 0.955. The van der Waals surface area contributed by atoms with E-state index in [1.807, 2.05) is 18.4 Å². The van der Waals surface area contributed by atoms with Gasteiger partial charge in [-0.05, 0) is 37.9 Å². The summed E-state index contributed by atoms with van der Waals surface area (Å²) in [7, 11) is 2.02. The van der Waals surface area contributed by atoms with Gasteiger partial charge in [0.05, 0.1) is 10.7 Å². The van der Waals surface area contributed by atoms with Crippen molar-refractivity contribution in [2.45, 2.75) is 46.1 Å². The molecule has 0 radical (unpaired) electrons. The Morgan fingerprint density at radius 2 is 1.70 bits per heavy atom. The Bertz CT molecular complexity index is 535. The number of likely N-dealkylation sites (N-methyl/N-ethyl adjacent to an activating group) is 1. The topological polar surface area (TPSA) is 24.9 Å². The molecule has 2 nitrogen and oxygen atoms in total. The van der Waals surface area contributed by atoms with Gasteiger partial charge in [0.25, 0.3) is 0 Å². The van der Waals surface area contributed by atoms with Gasteiger partial charge >= 0.3 is 0 Å². The number of nitrogens with zero attached hydrogens (tertiary/aromatic N) is 1. The van der Waals surface area contributed by atoms with E-state index in [2.05, 4.69) is 62.3 Å². The lowest BCUT2D eigenvalue weighted by Gasteiger charge is -2.16. The number of nitrogens with one attached hydrogen (secondary N) is 1. The predicted octanol–water partition coefficient (Wildman–Crippen LogP) is 4.39. The molecule has 1 aromatic carbocycles. The lowest BCUT2D eigenvalue weighted by molar-refractivity contribution is 0.589. The molecule has 0 bridgehead atoms. The minimum absolute atomic E-state index is 0.334. The Kier molecular flexibility index (Phi) is 4.95. The second kappa shape index (κ2) is 6.51. The fraction of sp³-hybridized carbons (Fsp3) is 0.471. The van der Waals surface area contributed by atoms with Gasteiger partial charge in [-0.15, -0.1) is 11.3 Å². The summed E-state index contributed by atoms with van der Waals surface area (Å²) < 4.78 is 0. The van der Waals surface area contributed by atoms with Crippen molar-refractivity contribution in [1.82, 2.24) is 10.3 Å². The molecule has 0 aliphatic heterocycles. The van der Waals surface area contributed by atoms with Crippen molar-refractivity contribution < 1.29 is 0 Å². The maximum atomic E-state index is 4.65. The van der Waals surface area contributed by atoms with E-state index >= 15 is 0 Å². The van der Waals surface area contributed by atoms with Crippen LogP contribution in [0.15, 0.2) is 24.3 Å². The van der Waals surface area contributed by atoms with Gasteiger partial charge in [0.2, 0.25) is 0 Å². The van der Waals surface area contributed by atoms with Gasteiger partial charge in [-0.3, -0.25) is 0 Å². The van der Waals surface area contributed by atoms with Crippen molar-refractivity contribution in [3.63, 3.8) is 0 Å². The van der Waals surface area contributed by atoms with Crippen LogP contribution >= 0.6 is 11.3 Å². The zero-order chi connectivity index (χ0) is 14.7. The third-order valence-corrected chi connectivity index (χ3v) is 4.90. The minimum Gasteiger partial charge on any atom is -0.313 e. The first-order valence-electron chi connectivity index (χ1n) is 7.21. The number of aromatic nitrogens is 1. The molecule has 1 atom stereocenters. The number of hydrogen-bond acceptors (Lipinski definition) is 3. The Morgan fingerprint density at radius 3 is 2.15 bits per heavy atom. The van der Waals surface area contributed by atoms with Crippen LogP contribution in [-0.4, -0.2) is 12.0 Å². The average molecular weight is 288 g/mol. The molecule has 1 N–H and O–H groups in total. The summed E-state index contributed by atoms with van der Waals surface area (Å²) in [5, 5.41) is 4.63. The van der Waals surface area contributed by atoms with Gasteiger partial charge in [-0.25, -0.2) is 4.98 Å². The van der Waals surface area contributed by atoms with Crippen LogP contribution in [0, 0.1) is 13.8 Å². The summed E-state index contributed by atoms with van der Waals surface area (Å²) >= 11 is 1.81. The molecule has 0 amide bonds. The number of thiazole rings is 1. The largest absolute Gasteiger partial charge is 0.313 e. The van der Waals surface area contributed by atoms with Crippen molar-refractivity contribution in [2.75, 3.05) is 7.05 Å². The van der Waals surface area contributed by atoms with Gasteiger partial charge in [0.1, 0.15) is 0 Å². The maximum absolute atomic E-state index is 4.65. The summed E-state index contributed by atoms with van der Waals surface area (Å²) in [4.78, 5) is 5.97. The Balaban J connectivity index is 2.15. The van der Waals surface area contributed by atoms with Gasteiger partial charge in [0, 0.05) is 17.3 Å². The van der Waals surface area contributed by atoms with Crippen LogP contribution in [0.3, 0.4) is 0 Å². The van der Waals surface area contributed by atoms with Crippen molar-refractivity contribution in [3.8, 4) is 0 Å². The molecule has 2 rings (SSSR count). The molecular weight excluding hydrogens is 264 g/mol. The smallest absolute Gasteiger partial charge is 0.0949 e. The summed E-state index contributed by atoms with van der Waals surface area (Å²) in [5.74, 6) is 0.585. The highest BCUT2D eigenvalue weighted by Gasteiger charge is 2.13. The van der Waals surface area contributed by atoms with Gasteiger partial charge in [-0.2, -0.15) is 0 Å². The van der Waals surface area contributed by atoms with E-state index in [1.54, 1.807) is 0 Å². The molecule has 3 heteroatoms. The van der Waals surface area contributed by atoms with Gasteiger partial charge < -0.3 is 5.32 Å². The zero-order valence-electron chi connectivity index (χ0n) is 13.0. The normalized spacial score (nSPS) is 12.9. The van der Waals surface area contributed by atoms with E-state index in [0.717, 1.165) is 12.1 Å². The second-order valence-electron chi connectivity index (χ2n) is 5.62. The van der Waals surface area contributed by atoms with Crippen molar-refractivity contribution in [2.24, 2.45) is 0 Å². The number of benzene rings is 1. The van der Waals surface area contributed by atoms with Gasteiger partial charge in [0.15, 0.2) is 0 Å². The van der Waals surface area contributed by atoms with E-state index in [1.165, 1.54) is 21.0 Å². The van der Waals surface area contributed by atoms with E-state index in [-0.39, 0.29) is 0 Å². The lowest BCUT2D eigenvalue weighted by atomic mass is 9.98. The molecule has 0 fully saturated rings. The molecule has 1 aromatic heterocycles. The van der Waals surface area contributed by atoms with Crippen molar-refractivity contribution >= 4 is 11.3 Å². The highest BCUT2D eigenvalue weighted by molar-refractivity contribution is 7.11. The summed E-state index contributed by atoms with van der Waals surface area (Å²) in [6.45, 7) is 8.68. The number of aryl methyl sites for hydroxylation is 2. The van der Waals surface area contributed by atoms with Gasteiger partial charge in [-0.1, -0.05) is 38.1 Å². The maximum Gasteiger partial charge on any atom is 0.0949 e. The second-order valence-corrected chi connectivity index (χ2v) is 6.90. The molecule has 108 valence electrons. The van der Waals surface area contributed by atoms with Crippen LogP contribution in [0.25, 0.3) is 0 Å². The molecule has 0 saturated heterocycles. The van der Waals surface area contributed by atoms with E-state index < -0.39 is 0 Å². The van der Waals surface area contributed by atoms with Crippen LogP contribution in [0.2, 0.25) is 0 Å². The summed E-state index contributed by atoms with van der Waals surface area (Å²) in [6, 6.07) is 9.29. The van der Waals surface area contributed by atoms with Crippen LogP contribution in [0.1, 0.15) is 52.5 Å².